The molecule has 4 heterocycles. The van der Waals surface area contributed by atoms with E-state index in [9.17, 15) is 29.5 Å². The van der Waals surface area contributed by atoms with Gasteiger partial charge in [-0.05, 0) is 6.92 Å². The largest absolute Gasteiger partial charge is 0.505 e. The molecule has 0 radical (unpaired) electrons. The number of aryl methyl sites for hydroxylation is 1. The lowest BCUT2D eigenvalue weighted by Gasteiger charge is -2.16. The molecule has 18 nitrogen and oxygen atoms in total. The fourth-order valence-corrected chi connectivity index (χ4v) is 3.83. The third-order valence-corrected chi connectivity index (χ3v) is 5.80. The number of ether oxygens (including phenoxy) is 1. The van der Waals surface area contributed by atoms with Crippen molar-refractivity contribution in [3.8, 4) is 5.75 Å². The maximum Gasteiger partial charge on any atom is 0.469 e. The molecule has 0 saturated carbocycles. The van der Waals surface area contributed by atoms with E-state index in [4.69, 9.17) is 20.3 Å². The predicted octanol–water partition coefficient (Wildman–Crippen LogP) is -2.51. The van der Waals surface area contributed by atoms with Crippen molar-refractivity contribution in [1.82, 2.24) is 29.9 Å². The Morgan fingerprint density at radius 3 is 2.81 bits per heavy atom. The monoisotopic (exact) mass is 540 g/mol. The third kappa shape index (κ3) is 5.35. The number of imidazole rings is 1. The predicted molar refractivity (Wildman–Crippen MR) is 122 cm³/mol. The Hall–Kier alpha value is -3.77. The number of hydrazone groups is 1. The Kier molecular flexibility index (Phi) is 7.07. The number of amides is 1. The van der Waals surface area contributed by atoms with Crippen LogP contribution in [-0.4, -0.2) is 80.0 Å². The number of anilines is 1. The van der Waals surface area contributed by atoms with Gasteiger partial charge in [0.2, 0.25) is 5.95 Å². The summed E-state index contributed by atoms with van der Waals surface area (Å²) in [6, 6.07) is 0. The highest BCUT2D eigenvalue weighted by Crippen LogP contribution is 2.38. The lowest BCUT2D eigenvalue weighted by atomic mass is 10.1. The van der Waals surface area contributed by atoms with Crippen LogP contribution < -0.4 is 16.7 Å². The van der Waals surface area contributed by atoms with Gasteiger partial charge in [-0.1, -0.05) is 0 Å². The molecule has 9 N–H and O–H groups in total. The number of aliphatic hydroxyl groups is 2. The first-order valence-electron chi connectivity index (χ1n) is 10.3. The quantitative estimate of drug-likeness (QED) is 0.0873. The number of nitrogens with one attached hydrogen (secondary N) is 2. The number of nitrogens with two attached hydrogens (primary N) is 1. The zero-order chi connectivity index (χ0) is 27.1. The van der Waals surface area contributed by atoms with Gasteiger partial charge in [-0.2, -0.15) is 10.1 Å². The van der Waals surface area contributed by atoms with Crippen molar-refractivity contribution >= 4 is 37.1 Å². The van der Waals surface area contributed by atoms with Gasteiger partial charge < -0.3 is 35.6 Å². The number of pyridine rings is 1. The second-order valence-corrected chi connectivity index (χ2v) is 9.07. The summed E-state index contributed by atoms with van der Waals surface area (Å²) < 4.78 is 22.1. The van der Waals surface area contributed by atoms with Gasteiger partial charge in [-0.3, -0.25) is 28.6 Å². The molecule has 1 fully saturated rings. The number of phosphoric acid groups is 1. The van der Waals surface area contributed by atoms with Gasteiger partial charge in [0.15, 0.2) is 23.5 Å². The molecular formula is C18H21N8O10P. The zero-order valence-corrected chi connectivity index (χ0v) is 19.7. The number of rotatable bonds is 7. The maximum absolute atomic E-state index is 12.6. The molecule has 1 aliphatic rings. The molecular weight excluding hydrogens is 519 g/mol. The summed E-state index contributed by atoms with van der Waals surface area (Å²) in [5.74, 6) is -1.60. The van der Waals surface area contributed by atoms with Crippen molar-refractivity contribution in [3.63, 3.8) is 0 Å². The van der Waals surface area contributed by atoms with Crippen LogP contribution in [0.5, 0.6) is 5.75 Å². The normalized spacial score (nSPS) is 22.2. The van der Waals surface area contributed by atoms with Crippen LogP contribution in [0.25, 0.3) is 11.2 Å². The van der Waals surface area contributed by atoms with E-state index in [0.717, 1.165) is 17.1 Å². The van der Waals surface area contributed by atoms with E-state index in [-0.39, 0.29) is 39.7 Å². The highest BCUT2D eigenvalue weighted by Gasteiger charge is 2.48. The van der Waals surface area contributed by atoms with Crippen LogP contribution in [0, 0.1) is 6.92 Å². The van der Waals surface area contributed by atoms with E-state index in [0.29, 0.717) is 0 Å². The lowest BCUT2D eigenvalue weighted by molar-refractivity contribution is -0.137. The summed E-state index contributed by atoms with van der Waals surface area (Å²) in [5, 5.41) is 34.8. The number of carbonyl (C=O) groups excluding carboxylic acids is 1. The minimum atomic E-state index is -4.82. The summed E-state index contributed by atoms with van der Waals surface area (Å²) in [6.07, 6.45) is -3.06. The molecule has 0 aliphatic carbocycles. The number of nitrogen functional groups attached to an aromatic ring is 1. The Bertz CT molecular complexity index is 1480. The molecule has 1 amide bonds. The molecule has 0 aromatic carbocycles. The fourth-order valence-electron chi connectivity index (χ4n) is 3.52. The van der Waals surface area contributed by atoms with Crippen molar-refractivity contribution in [2.45, 2.75) is 38.1 Å². The van der Waals surface area contributed by atoms with Gasteiger partial charge in [0.1, 0.15) is 18.0 Å². The number of phosphoric ester groups is 1. The summed E-state index contributed by atoms with van der Waals surface area (Å²) in [7, 11) is -4.82. The Labute approximate surface area is 205 Å². The van der Waals surface area contributed by atoms with Gasteiger partial charge in [-0.15, -0.1) is 0 Å². The number of fused-ring (bicyclic) bond motifs is 1. The molecule has 0 unspecified atom stereocenters. The number of aliphatic hydroxyl groups excluding tert-OH is 2. The van der Waals surface area contributed by atoms with Gasteiger partial charge in [0.05, 0.1) is 24.8 Å². The van der Waals surface area contributed by atoms with Gasteiger partial charge >= 0.3 is 7.82 Å². The number of aromatic hydroxyl groups is 1. The van der Waals surface area contributed by atoms with Gasteiger partial charge in [-0.25, -0.2) is 15.0 Å². The lowest BCUT2D eigenvalue weighted by Crippen LogP contribution is -2.41. The van der Waals surface area contributed by atoms with Crippen molar-refractivity contribution in [2.75, 3.05) is 5.73 Å². The topological polar surface area (TPSA) is 281 Å². The van der Waals surface area contributed by atoms with Crippen molar-refractivity contribution in [2.24, 2.45) is 5.10 Å². The standard InChI is InChI=1S/C18H21N8O10P/c1-6-10(27)8(7(2-20-6)4-35-37(32,33)34)3-22-25-16(31)13-11(28)12(29)17(36-13)26-5-21-9-14(26)23-18(19)24-15(9)30/h2-3,5,11-13,17,27-29H,4H2,1H3,(H,25,31)(H2,32,33,34)(H3,19,23,24,30)/b22-3+/t11-,12+,13-,17+/m0/s1. The van der Waals surface area contributed by atoms with Crippen LogP contribution in [0.15, 0.2) is 22.4 Å². The van der Waals surface area contributed by atoms with E-state index in [1.165, 1.54) is 13.1 Å². The number of hydrogen-bond acceptors (Lipinski definition) is 13. The van der Waals surface area contributed by atoms with E-state index in [1.807, 2.05) is 0 Å². The Balaban J connectivity index is 1.51. The summed E-state index contributed by atoms with van der Waals surface area (Å²) >= 11 is 0. The third-order valence-electron chi connectivity index (χ3n) is 5.34. The smallest absolute Gasteiger partial charge is 0.469 e. The minimum Gasteiger partial charge on any atom is -0.505 e. The SMILES string of the molecule is Cc1ncc(COP(=O)(O)O)c(/C=N/NC(=O)[C@H]2O[C@@H](n3cnc4c(=O)[nH]c(N)nc43)[C@H](O)[C@@H]2O)c1O. The zero-order valence-electron chi connectivity index (χ0n) is 18.8. The second kappa shape index (κ2) is 9.94. The average molecular weight is 540 g/mol. The van der Waals surface area contributed by atoms with Crippen LogP contribution in [0.4, 0.5) is 5.95 Å². The number of aromatic nitrogens is 5. The summed E-state index contributed by atoms with van der Waals surface area (Å²) in [4.78, 5) is 56.4. The van der Waals surface area contributed by atoms with Crippen molar-refractivity contribution < 1.29 is 43.7 Å². The molecule has 4 rings (SSSR count). The molecule has 1 saturated heterocycles. The number of nitrogens with zero attached hydrogens (tertiary/aromatic N) is 5. The number of hydrogen-bond donors (Lipinski definition) is 8. The van der Waals surface area contributed by atoms with Crippen LogP contribution in [0.1, 0.15) is 23.0 Å². The number of carbonyl (C=O) groups is 1. The van der Waals surface area contributed by atoms with E-state index in [2.05, 4.69) is 35.0 Å². The Morgan fingerprint density at radius 2 is 2.11 bits per heavy atom. The first-order valence-corrected chi connectivity index (χ1v) is 11.8. The number of H-pyrrole nitrogens is 1. The van der Waals surface area contributed by atoms with Gasteiger partial charge in [0, 0.05) is 17.3 Å². The van der Waals surface area contributed by atoms with Crippen LogP contribution >= 0.6 is 7.82 Å². The molecule has 1 aliphatic heterocycles. The first-order chi connectivity index (χ1) is 17.4. The van der Waals surface area contributed by atoms with Crippen molar-refractivity contribution in [1.29, 1.82) is 0 Å². The Morgan fingerprint density at radius 1 is 1.38 bits per heavy atom. The van der Waals surface area contributed by atoms with E-state index in [1.54, 1.807) is 0 Å². The highest BCUT2D eigenvalue weighted by atomic mass is 31.2. The summed E-state index contributed by atoms with van der Waals surface area (Å²) in [6.45, 7) is 0.832. The summed E-state index contributed by atoms with van der Waals surface area (Å²) in [5.41, 5.74) is 7.00. The van der Waals surface area contributed by atoms with Crippen LogP contribution in [0.3, 0.4) is 0 Å². The van der Waals surface area contributed by atoms with Crippen LogP contribution in [-0.2, 0) is 25.2 Å². The molecule has 3 aromatic heterocycles. The highest BCUT2D eigenvalue weighted by molar-refractivity contribution is 7.46. The van der Waals surface area contributed by atoms with E-state index >= 15 is 0 Å². The fraction of sp³-hybridized carbons (Fsp3) is 0.333. The second-order valence-electron chi connectivity index (χ2n) is 7.83. The molecule has 0 spiro atoms. The van der Waals surface area contributed by atoms with Gasteiger partial charge in [0.25, 0.3) is 11.5 Å². The average Bonchev–Trinajstić information content (AvgIpc) is 3.36. The molecule has 198 valence electrons. The van der Waals surface area contributed by atoms with Crippen molar-refractivity contribution in [3.05, 3.63) is 39.7 Å². The molecule has 4 atom stereocenters. The molecule has 3 aromatic rings. The minimum absolute atomic E-state index is 0.0470. The van der Waals surface area contributed by atoms with Crippen LogP contribution in [0.2, 0.25) is 0 Å². The molecule has 37 heavy (non-hydrogen) atoms. The molecule has 0 bridgehead atoms. The maximum atomic E-state index is 12.6. The molecule has 19 heteroatoms. The number of aromatic amines is 1. The first kappa shape index (κ1) is 26.3. The van der Waals surface area contributed by atoms with E-state index < -0.39 is 50.4 Å².